The molecule has 0 amide bonds. The number of hydrogen-bond acceptors (Lipinski definition) is 6. The summed E-state index contributed by atoms with van der Waals surface area (Å²) >= 11 is 0. The first-order valence-electron chi connectivity index (χ1n) is 10.9. The lowest BCUT2D eigenvalue weighted by atomic mass is 10.2. The molecule has 0 saturated carbocycles. The maximum Gasteiger partial charge on any atom is 0.508 e. The van der Waals surface area contributed by atoms with E-state index < -0.39 is 75.8 Å². The average Bonchev–Trinajstić information content (AvgIpc) is 3.05. The molecule has 2 atom stereocenters. The van der Waals surface area contributed by atoms with Crippen LogP contribution in [0.5, 0.6) is 0 Å². The van der Waals surface area contributed by atoms with Crippen molar-refractivity contribution in [3.63, 3.8) is 0 Å². The number of sulfone groups is 2. The zero-order valence-corrected chi connectivity index (χ0v) is 24.3. The molecule has 0 spiro atoms. The third kappa shape index (κ3) is 5.86. The fraction of sp³-hybridized carbons (Fsp3) is 0.571. The maximum atomic E-state index is 14.8. The highest BCUT2D eigenvalue weighted by molar-refractivity contribution is 8.06. The van der Waals surface area contributed by atoms with Gasteiger partial charge in [0.25, 0.3) is 9.84 Å². The summed E-state index contributed by atoms with van der Waals surface area (Å²) in [5.41, 5.74) is -12.9. The molecule has 0 N–H and O–H groups in total. The van der Waals surface area contributed by atoms with E-state index in [9.17, 15) is 47.7 Å². The number of aliphatic imine (C=N–C) groups is 1. The normalized spacial score (nSPS) is 21.1. The molecule has 38 heavy (non-hydrogen) atoms. The van der Waals surface area contributed by atoms with E-state index >= 15 is 0 Å². The number of amidine groups is 1. The molecule has 2 unspecified atom stereocenters. The van der Waals surface area contributed by atoms with Crippen molar-refractivity contribution < 1.29 is 64.6 Å². The van der Waals surface area contributed by atoms with Crippen molar-refractivity contribution in [1.29, 1.82) is 0 Å². The van der Waals surface area contributed by atoms with Crippen LogP contribution in [0.4, 0.5) is 26.3 Å². The molecule has 1 aliphatic heterocycles. The summed E-state index contributed by atoms with van der Waals surface area (Å²) in [6.07, 6.45) is -0.333. The van der Waals surface area contributed by atoms with E-state index in [0.717, 1.165) is 7.05 Å². The van der Waals surface area contributed by atoms with E-state index in [4.69, 9.17) is 0 Å². The Morgan fingerprint density at radius 2 is 1.37 bits per heavy atom. The highest BCUT2D eigenvalue weighted by atomic mass is 35.5. The number of quaternary nitrogens is 1. The van der Waals surface area contributed by atoms with E-state index in [-0.39, 0.29) is 25.2 Å². The van der Waals surface area contributed by atoms with Crippen LogP contribution in [-0.2, 0) is 30.4 Å². The van der Waals surface area contributed by atoms with Crippen LogP contribution in [0.15, 0.2) is 45.8 Å². The van der Waals surface area contributed by atoms with Crippen LogP contribution in [0.2, 0.25) is 0 Å². The van der Waals surface area contributed by atoms with Crippen molar-refractivity contribution >= 4 is 32.0 Å². The first-order chi connectivity index (χ1) is 16.5. The summed E-state index contributed by atoms with van der Waals surface area (Å²) in [6, 6.07) is 7.59. The van der Waals surface area contributed by atoms with Crippen molar-refractivity contribution in [3.05, 3.63) is 46.4 Å². The molecule has 0 bridgehead atoms. The van der Waals surface area contributed by atoms with Crippen molar-refractivity contribution in [3.8, 4) is 0 Å². The number of halogens is 7. The summed E-state index contributed by atoms with van der Waals surface area (Å²) < 4.78 is 146. The Hall–Kier alpha value is -1.41. The van der Waals surface area contributed by atoms with Crippen molar-refractivity contribution in [1.82, 2.24) is 0 Å². The molecule has 7 nitrogen and oxygen atoms in total. The van der Waals surface area contributed by atoms with Gasteiger partial charge in [0.1, 0.15) is 0 Å². The molecule has 0 aromatic heterocycles. The lowest BCUT2D eigenvalue weighted by Gasteiger charge is -2.40. The monoisotopic (exact) mass is 632 g/mol. The number of nitrogens with zero attached hydrogens (tertiary/aromatic N) is 2. The molecule has 0 saturated heterocycles. The van der Waals surface area contributed by atoms with Gasteiger partial charge in [0, 0.05) is 11.3 Å². The summed E-state index contributed by atoms with van der Waals surface area (Å²) in [6.45, 7) is 5.00. The van der Waals surface area contributed by atoms with Crippen molar-refractivity contribution in [2.45, 2.75) is 62.9 Å². The zero-order valence-electron chi connectivity index (χ0n) is 21.1. The third-order valence-electron chi connectivity index (χ3n) is 6.02. The quantitative estimate of drug-likeness (QED) is 0.262. The second-order valence-electron chi connectivity index (χ2n) is 9.74. The van der Waals surface area contributed by atoms with Gasteiger partial charge in [0.05, 0.1) is 13.6 Å². The van der Waals surface area contributed by atoms with Crippen LogP contribution in [-0.4, -0.2) is 56.3 Å². The minimum atomic E-state index is -6.52. The highest BCUT2D eigenvalue weighted by Gasteiger charge is 2.67. The van der Waals surface area contributed by atoms with E-state index in [1.54, 1.807) is 13.0 Å². The van der Waals surface area contributed by atoms with E-state index in [1.807, 2.05) is 0 Å². The van der Waals surface area contributed by atoms with Gasteiger partial charge in [0.2, 0.25) is 10.5 Å². The van der Waals surface area contributed by atoms with Crippen molar-refractivity contribution in [2.24, 2.45) is 4.99 Å². The van der Waals surface area contributed by atoms with Crippen molar-refractivity contribution in [2.75, 3.05) is 13.6 Å². The van der Waals surface area contributed by atoms with Gasteiger partial charge in [-0.2, -0.15) is 31.3 Å². The minimum Gasteiger partial charge on any atom is -1.00 e. The summed E-state index contributed by atoms with van der Waals surface area (Å²) in [5, 5.41) is -5.33. The molecule has 1 aliphatic rings. The van der Waals surface area contributed by atoms with Crippen LogP contribution in [0.3, 0.4) is 0 Å². The lowest BCUT2D eigenvalue weighted by molar-refractivity contribution is -0.767. The second-order valence-corrected chi connectivity index (χ2v) is 17.0. The van der Waals surface area contributed by atoms with Gasteiger partial charge < -0.3 is 17.0 Å². The Labute approximate surface area is 224 Å². The van der Waals surface area contributed by atoms with E-state index in [2.05, 4.69) is 4.99 Å². The summed E-state index contributed by atoms with van der Waals surface area (Å²) in [5.74, 6) is 0. The Bertz CT molecular complexity index is 1370. The Balaban J connectivity index is 0.00000722. The topological polar surface area (TPSA) is 97.7 Å². The van der Waals surface area contributed by atoms with E-state index in [0.29, 0.717) is 5.56 Å². The fourth-order valence-electron chi connectivity index (χ4n) is 3.92. The Morgan fingerprint density at radius 1 is 0.895 bits per heavy atom. The van der Waals surface area contributed by atoms with Gasteiger partial charge >= 0.3 is 26.0 Å². The van der Waals surface area contributed by atoms with Gasteiger partial charge in [-0.1, -0.05) is 64.4 Å². The van der Waals surface area contributed by atoms with Crippen LogP contribution >= 0.6 is 7.14 Å². The highest BCUT2D eigenvalue weighted by Crippen LogP contribution is 2.71. The SMILES string of the molecule is CCCC[N+]1(C)C(S(=O)(=O)C(F)(F)F)=NC(S(=O)(=O)C(F)(F)F)=C1P(=O)(Cc1ccccc1)C(C)(C)C.[Cl-]. The molecule has 1 aromatic rings. The summed E-state index contributed by atoms with van der Waals surface area (Å²) in [4.78, 5) is 3.05. The number of alkyl halides is 6. The summed E-state index contributed by atoms with van der Waals surface area (Å²) in [7, 11) is -16.6. The van der Waals surface area contributed by atoms with Gasteiger partial charge in [0.15, 0.2) is 7.14 Å². The number of rotatable bonds is 7. The lowest BCUT2D eigenvalue weighted by Crippen LogP contribution is -3.00. The molecule has 17 heteroatoms. The second kappa shape index (κ2) is 10.9. The molecule has 0 radical (unpaired) electrons. The molecule has 0 fully saturated rings. The Kier molecular flexibility index (Phi) is 9.90. The predicted octanol–water partition coefficient (Wildman–Crippen LogP) is 2.96. The first-order valence-corrected chi connectivity index (χ1v) is 15.8. The standard InChI is InChI=1S/C21H28F6N2O5PS2.ClH/c1-6-7-13-29(5)17(35(30,19(2,3)4)14-15-11-9-8-10-12-15)16(36(31,32)20(22,23)24)28-18(29)37(33,34)21(25,26)27;/h8-12H,6-7,13-14H2,1-5H3;1H/q+1;/p-1. The number of hydrogen-bond donors (Lipinski definition) is 0. The number of benzene rings is 1. The molecule has 218 valence electrons. The number of unbranched alkanes of at least 4 members (excludes halogenated alkanes) is 1. The fourth-order valence-corrected chi connectivity index (χ4v) is 10.1. The first kappa shape index (κ1) is 34.6. The van der Waals surface area contributed by atoms with Gasteiger partial charge in [-0.15, -0.1) is 0 Å². The molecule has 0 aliphatic carbocycles. The van der Waals surface area contributed by atoms with Crippen LogP contribution in [0.25, 0.3) is 0 Å². The zero-order chi connectivity index (χ0) is 28.9. The third-order valence-corrected chi connectivity index (χ3v) is 13.5. The van der Waals surface area contributed by atoms with E-state index in [1.165, 1.54) is 45.0 Å². The molecule has 2 rings (SSSR count). The van der Waals surface area contributed by atoms with Gasteiger partial charge in [-0.3, -0.25) is 0 Å². The molecule has 1 aromatic carbocycles. The van der Waals surface area contributed by atoms with Gasteiger partial charge in [-0.05, 0) is 12.0 Å². The minimum absolute atomic E-state index is 0. The average molecular weight is 633 g/mol. The smallest absolute Gasteiger partial charge is 0.508 e. The molecular formula is C21H28ClF6N2O5PS2. The van der Waals surface area contributed by atoms with Crippen LogP contribution in [0.1, 0.15) is 46.1 Å². The molecule has 1 heterocycles. The van der Waals surface area contributed by atoms with Gasteiger partial charge in [-0.25, -0.2) is 21.3 Å². The largest absolute Gasteiger partial charge is 1.00 e. The predicted molar refractivity (Wildman–Crippen MR) is 128 cm³/mol. The molecular weight excluding hydrogens is 605 g/mol. The maximum absolute atomic E-state index is 14.8. The van der Waals surface area contributed by atoms with Crippen LogP contribution in [0, 0.1) is 0 Å². The van der Waals surface area contributed by atoms with Crippen LogP contribution < -0.4 is 12.4 Å². The Morgan fingerprint density at radius 3 is 1.76 bits per heavy atom.